The maximum atomic E-state index is 6.13. The second kappa shape index (κ2) is 6.81. The largest absolute Gasteiger partial charge is 0.339 e. The monoisotopic (exact) mass is 323 g/mol. The quantitative estimate of drug-likeness (QED) is 0.861. The van der Waals surface area contributed by atoms with E-state index < -0.39 is 0 Å². The van der Waals surface area contributed by atoms with Gasteiger partial charge in [-0.25, -0.2) is 0 Å². The van der Waals surface area contributed by atoms with Gasteiger partial charge in [-0.3, -0.25) is 0 Å². The Morgan fingerprint density at radius 1 is 1.33 bits per heavy atom. The molecule has 2 N–H and O–H groups in total. The van der Waals surface area contributed by atoms with E-state index in [9.17, 15) is 0 Å². The van der Waals surface area contributed by atoms with Gasteiger partial charge in [-0.1, -0.05) is 35.3 Å². The van der Waals surface area contributed by atoms with Crippen LogP contribution in [0.2, 0.25) is 5.02 Å². The van der Waals surface area contributed by atoms with Crippen LogP contribution in [0.5, 0.6) is 0 Å². The van der Waals surface area contributed by atoms with E-state index in [2.05, 4.69) is 10.1 Å². The van der Waals surface area contributed by atoms with Crippen molar-refractivity contribution in [1.82, 2.24) is 10.1 Å². The van der Waals surface area contributed by atoms with Crippen molar-refractivity contribution < 1.29 is 4.52 Å². The van der Waals surface area contributed by atoms with Crippen LogP contribution in [0.25, 0.3) is 0 Å². The molecule has 1 heterocycles. The molecule has 112 valence electrons. The second-order valence-electron chi connectivity index (χ2n) is 5.39. The highest BCUT2D eigenvalue weighted by Gasteiger charge is 2.25. The fourth-order valence-corrected chi connectivity index (χ4v) is 3.73. The number of thioether (sulfide) groups is 1. The molecule has 1 aromatic carbocycles. The molecule has 21 heavy (non-hydrogen) atoms. The Bertz CT molecular complexity index is 604. The number of halogens is 1. The lowest BCUT2D eigenvalue weighted by Crippen LogP contribution is -2.26. The standard InChI is InChI=1S/C15H18ClN3OS/c16-12-6-1-2-7-13(12)21-9-14-18-15(20-19-14)10-4-3-5-11(17)8-10/h1-2,6-7,10-11H,3-5,8-9,17H2. The van der Waals surface area contributed by atoms with E-state index in [1.165, 1.54) is 0 Å². The summed E-state index contributed by atoms with van der Waals surface area (Å²) < 4.78 is 5.41. The first-order chi connectivity index (χ1) is 10.2. The molecular weight excluding hydrogens is 306 g/mol. The fourth-order valence-electron chi connectivity index (χ4n) is 2.65. The van der Waals surface area contributed by atoms with Gasteiger partial charge in [0.15, 0.2) is 5.82 Å². The van der Waals surface area contributed by atoms with Gasteiger partial charge in [0.1, 0.15) is 0 Å². The molecule has 0 aliphatic heterocycles. The Morgan fingerprint density at radius 2 is 2.19 bits per heavy atom. The van der Waals surface area contributed by atoms with Gasteiger partial charge in [0.2, 0.25) is 5.89 Å². The van der Waals surface area contributed by atoms with E-state index in [1.807, 2.05) is 24.3 Å². The third-order valence-electron chi connectivity index (χ3n) is 3.74. The van der Waals surface area contributed by atoms with Crippen molar-refractivity contribution >= 4 is 23.4 Å². The average Bonchev–Trinajstić information content (AvgIpc) is 2.95. The van der Waals surface area contributed by atoms with E-state index in [0.717, 1.165) is 41.5 Å². The summed E-state index contributed by atoms with van der Waals surface area (Å²) in [7, 11) is 0. The Balaban J connectivity index is 1.61. The third-order valence-corrected chi connectivity index (χ3v) is 5.25. The van der Waals surface area contributed by atoms with Crippen LogP contribution in [0, 0.1) is 0 Å². The number of hydrogen-bond acceptors (Lipinski definition) is 5. The van der Waals surface area contributed by atoms with Crippen molar-refractivity contribution in [2.24, 2.45) is 5.73 Å². The molecule has 4 nitrogen and oxygen atoms in total. The van der Waals surface area contributed by atoms with E-state index >= 15 is 0 Å². The highest BCUT2D eigenvalue weighted by Crippen LogP contribution is 2.32. The van der Waals surface area contributed by atoms with Gasteiger partial charge in [-0.05, 0) is 31.4 Å². The molecule has 0 amide bonds. The smallest absolute Gasteiger partial charge is 0.229 e. The zero-order valence-corrected chi connectivity index (χ0v) is 13.2. The lowest BCUT2D eigenvalue weighted by atomic mass is 9.86. The number of benzene rings is 1. The highest BCUT2D eigenvalue weighted by molar-refractivity contribution is 7.98. The van der Waals surface area contributed by atoms with Crippen molar-refractivity contribution in [3.05, 3.63) is 41.0 Å². The van der Waals surface area contributed by atoms with Gasteiger partial charge in [-0.2, -0.15) is 4.98 Å². The van der Waals surface area contributed by atoms with Crippen LogP contribution in [0.3, 0.4) is 0 Å². The van der Waals surface area contributed by atoms with Crippen molar-refractivity contribution in [2.45, 2.75) is 48.3 Å². The molecule has 6 heteroatoms. The number of nitrogens with two attached hydrogens (primary N) is 1. The number of nitrogens with zero attached hydrogens (tertiary/aromatic N) is 2. The van der Waals surface area contributed by atoms with Crippen LogP contribution in [0.1, 0.15) is 43.3 Å². The predicted octanol–water partition coefficient (Wildman–Crippen LogP) is 4.00. The molecule has 2 unspecified atom stereocenters. The minimum absolute atomic E-state index is 0.261. The summed E-state index contributed by atoms with van der Waals surface area (Å²) in [5, 5.41) is 4.82. The zero-order valence-electron chi connectivity index (χ0n) is 11.7. The summed E-state index contributed by atoms with van der Waals surface area (Å²) in [4.78, 5) is 5.55. The Hall–Kier alpha value is -1.04. The minimum Gasteiger partial charge on any atom is -0.339 e. The first-order valence-corrected chi connectivity index (χ1v) is 8.54. The Labute approximate surface area is 133 Å². The number of aromatic nitrogens is 2. The molecule has 2 aromatic rings. The summed E-state index contributed by atoms with van der Waals surface area (Å²) in [5.41, 5.74) is 6.01. The maximum Gasteiger partial charge on any atom is 0.229 e. The van der Waals surface area contributed by atoms with E-state index in [-0.39, 0.29) is 6.04 Å². The van der Waals surface area contributed by atoms with Crippen LogP contribution < -0.4 is 5.73 Å². The maximum absolute atomic E-state index is 6.13. The fraction of sp³-hybridized carbons (Fsp3) is 0.467. The van der Waals surface area contributed by atoms with Crippen LogP contribution in [-0.2, 0) is 5.75 Å². The van der Waals surface area contributed by atoms with Crippen LogP contribution >= 0.6 is 23.4 Å². The van der Waals surface area contributed by atoms with Crippen molar-refractivity contribution in [2.75, 3.05) is 0 Å². The van der Waals surface area contributed by atoms with Gasteiger partial charge < -0.3 is 10.3 Å². The molecule has 0 spiro atoms. The Morgan fingerprint density at radius 3 is 3.00 bits per heavy atom. The molecule has 1 fully saturated rings. The molecule has 3 rings (SSSR count). The van der Waals surface area contributed by atoms with Crippen LogP contribution in [0.15, 0.2) is 33.7 Å². The summed E-state index contributed by atoms with van der Waals surface area (Å²) >= 11 is 7.75. The van der Waals surface area contributed by atoms with Crippen molar-refractivity contribution in [1.29, 1.82) is 0 Å². The molecular formula is C15H18ClN3OS. The van der Waals surface area contributed by atoms with Crippen molar-refractivity contribution in [3.63, 3.8) is 0 Å². The van der Waals surface area contributed by atoms with Crippen LogP contribution in [-0.4, -0.2) is 16.2 Å². The average molecular weight is 324 g/mol. The molecule has 1 aromatic heterocycles. The summed E-state index contributed by atoms with van der Waals surface area (Å²) in [6.45, 7) is 0. The molecule has 0 bridgehead atoms. The lowest BCUT2D eigenvalue weighted by molar-refractivity contribution is 0.297. The predicted molar refractivity (Wildman–Crippen MR) is 84.5 cm³/mol. The Kier molecular flexibility index (Phi) is 4.83. The minimum atomic E-state index is 0.261. The summed E-state index contributed by atoms with van der Waals surface area (Å²) in [5.74, 6) is 2.43. The van der Waals surface area contributed by atoms with Gasteiger partial charge >= 0.3 is 0 Å². The van der Waals surface area contributed by atoms with E-state index in [1.54, 1.807) is 11.8 Å². The lowest BCUT2D eigenvalue weighted by Gasteiger charge is -2.23. The summed E-state index contributed by atoms with van der Waals surface area (Å²) in [6.07, 6.45) is 4.27. The SMILES string of the molecule is NC1CCCC(c2nc(CSc3ccccc3Cl)no2)C1. The third kappa shape index (κ3) is 3.78. The molecule has 0 saturated heterocycles. The topological polar surface area (TPSA) is 64.9 Å². The van der Waals surface area contributed by atoms with Gasteiger partial charge in [-0.15, -0.1) is 11.8 Å². The van der Waals surface area contributed by atoms with E-state index in [0.29, 0.717) is 17.5 Å². The van der Waals surface area contributed by atoms with Gasteiger partial charge in [0, 0.05) is 16.9 Å². The van der Waals surface area contributed by atoms with Crippen LogP contribution in [0.4, 0.5) is 0 Å². The molecule has 1 saturated carbocycles. The number of rotatable bonds is 4. The van der Waals surface area contributed by atoms with Crippen molar-refractivity contribution in [3.8, 4) is 0 Å². The first-order valence-electron chi connectivity index (χ1n) is 7.18. The summed E-state index contributed by atoms with van der Waals surface area (Å²) in [6, 6.07) is 8.03. The molecule has 2 atom stereocenters. The first kappa shape index (κ1) is 14.9. The molecule has 0 radical (unpaired) electrons. The zero-order chi connectivity index (χ0) is 14.7. The van der Waals surface area contributed by atoms with Gasteiger partial charge in [0.25, 0.3) is 0 Å². The number of hydrogen-bond donors (Lipinski definition) is 1. The molecule has 1 aliphatic carbocycles. The van der Waals surface area contributed by atoms with E-state index in [4.69, 9.17) is 21.9 Å². The molecule has 1 aliphatic rings. The normalized spacial score (nSPS) is 22.4. The second-order valence-corrected chi connectivity index (χ2v) is 6.82. The highest BCUT2D eigenvalue weighted by atomic mass is 35.5. The van der Waals surface area contributed by atoms with Gasteiger partial charge in [0.05, 0.1) is 10.8 Å².